The van der Waals surface area contributed by atoms with Crippen molar-refractivity contribution in [2.24, 2.45) is 0 Å². The van der Waals surface area contributed by atoms with Crippen LogP contribution in [0.1, 0.15) is 131 Å². The van der Waals surface area contributed by atoms with Crippen molar-refractivity contribution in [3.8, 4) is 5.75 Å². The van der Waals surface area contributed by atoms with Crippen LogP contribution in [-0.2, 0) is 11.9 Å². The Labute approximate surface area is 343 Å². The number of ether oxygens (including phenoxy) is 1. The van der Waals surface area contributed by atoms with Crippen molar-refractivity contribution in [1.29, 1.82) is 0 Å². The number of hydrogen-bond donors (Lipinski definition) is 1. The number of nitrogens with zero attached hydrogens (tertiary/aromatic N) is 2. The summed E-state index contributed by atoms with van der Waals surface area (Å²) in [5, 5.41) is 2.29. The van der Waals surface area contributed by atoms with Gasteiger partial charge in [-0.2, -0.15) is 0 Å². The van der Waals surface area contributed by atoms with Crippen LogP contribution < -0.4 is 19.9 Å². The summed E-state index contributed by atoms with van der Waals surface area (Å²) in [5.41, 5.74) is 5.43. The summed E-state index contributed by atoms with van der Waals surface area (Å²) in [7, 11) is 15.7. The first kappa shape index (κ1) is 44.4. The maximum absolute atomic E-state index is 14.7. The molecule has 1 N–H and O–H groups in total. The molecule has 57 heavy (non-hydrogen) atoms. The molecule has 1 saturated heterocycles. The van der Waals surface area contributed by atoms with Crippen LogP contribution in [-0.4, -0.2) is 34.1 Å². The van der Waals surface area contributed by atoms with Crippen LogP contribution >= 0.6 is 19.4 Å². The zero-order valence-electron chi connectivity index (χ0n) is 33.8. The molecular weight excluding hydrogens is 869 g/mol. The van der Waals surface area contributed by atoms with Crippen molar-refractivity contribution >= 4 is 51.3 Å². The van der Waals surface area contributed by atoms with Crippen LogP contribution in [0.2, 0.25) is 0 Å². The van der Waals surface area contributed by atoms with Crippen molar-refractivity contribution in [2.75, 3.05) is 28.2 Å². The molecule has 0 saturated carbocycles. The average Bonchev–Trinajstić information content (AvgIpc) is 3.59. The standard InChI is InChI=1S/C27H38N2.C17H12F5NO2.2ClH.Ru/c1-18(2)22-11-9-12-23(19(3)4)26(22)28-15-16-29(17-28)27-24(20(5)6)13-10-14-25(27)21(7)8;1-7(2)25-10-5-4-9(6-8(10)3)23-17(24)11-12(18)14(20)16(22)15(21)13(11)19;;;/h9-14,18-21H,15-16H2,1-8H3;3-7H,1-2H3,(H,23,24);2*1H;/q;;;;+2/p-2. The number of amides is 1. The molecule has 1 amide bonds. The number of para-hydroxylation sites is 2. The van der Waals surface area contributed by atoms with Crippen LogP contribution in [0.4, 0.5) is 39.0 Å². The number of nitrogens with one attached hydrogen (secondary N) is 1. The molecule has 1 heterocycles. The van der Waals surface area contributed by atoms with Gasteiger partial charge in [-0.3, -0.25) is 0 Å². The van der Waals surface area contributed by atoms with E-state index >= 15 is 0 Å². The van der Waals surface area contributed by atoms with Crippen LogP contribution in [0.5, 0.6) is 5.75 Å². The van der Waals surface area contributed by atoms with Gasteiger partial charge >= 0.3 is 345 Å². The second kappa shape index (κ2) is 17.7. The number of benzene rings is 4. The third-order valence-electron chi connectivity index (χ3n) is 9.72. The average molecular weight is 920 g/mol. The molecule has 0 bridgehead atoms. The van der Waals surface area contributed by atoms with Crippen LogP contribution in [0.15, 0.2) is 54.6 Å². The van der Waals surface area contributed by atoms with E-state index in [1.807, 2.05) is 13.8 Å². The molecular formula is C44H50Cl2F5N3O2Ru. The van der Waals surface area contributed by atoms with E-state index in [2.05, 4.69) is 107 Å². The Morgan fingerprint density at radius 2 is 1.07 bits per heavy atom. The molecule has 1 fully saturated rings. The number of hydrogen-bond acceptors (Lipinski definition) is 4. The van der Waals surface area contributed by atoms with Crippen LogP contribution in [0, 0.1) is 29.1 Å². The fourth-order valence-corrected chi connectivity index (χ4v) is 13.1. The number of rotatable bonds is 11. The molecule has 0 spiro atoms. The predicted octanol–water partition coefficient (Wildman–Crippen LogP) is 12.6. The van der Waals surface area contributed by atoms with E-state index < -0.39 is 52.4 Å². The van der Waals surface area contributed by atoms with Crippen molar-refractivity contribution < 1.29 is 43.4 Å². The second-order valence-electron chi connectivity index (χ2n) is 15.6. The molecule has 1 aliphatic rings. The van der Waals surface area contributed by atoms with E-state index in [1.54, 1.807) is 4.61 Å². The first-order chi connectivity index (χ1) is 26.7. The fraction of sp³-hybridized carbons (Fsp3) is 0.386. The SMILES string of the molecule is CC(C)Oc1ccc(NC(=O)c2c(F)c(F)c(F)c(F)c2F)cc1[CH]=[Ru]([Cl])([Cl])=[C]1N(c2c(C(C)C)cccc2C(C)C)CCN1c1c(C(C)C)cccc1C(C)C. The van der Waals surface area contributed by atoms with E-state index in [0.29, 0.717) is 24.4 Å². The first-order valence-electron chi connectivity index (χ1n) is 19.0. The van der Waals surface area contributed by atoms with Gasteiger partial charge < -0.3 is 0 Å². The molecule has 5 rings (SSSR count). The number of carbonyl (C=O) groups is 1. The van der Waals surface area contributed by atoms with Crippen LogP contribution in [0.25, 0.3) is 0 Å². The van der Waals surface area contributed by atoms with E-state index in [4.69, 9.17) is 24.1 Å². The molecule has 0 atom stereocenters. The fourth-order valence-electron chi connectivity index (χ4n) is 7.08. The third kappa shape index (κ3) is 9.01. The molecule has 1 aliphatic heterocycles. The molecule has 5 nitrogen and oxygen atoms in total. The summed E-state index contributed by atoms with van der Waals surface area (Å²) in [6.45, 7) is 22.1. The summed E-state index contributed by atoms with van der Waals surface area (Å²) in [6.07, 6.45) is -0.304. The summed E-state index contributed by atoms with van der Waals surface area (Å²) < 4.78 is 79.9. The van der Waals surface area contributed by atoms with Gasteiger partial charge in [-0.25, -0.2) is 0 Å². The summed E-state index contributed by atoms with van der Waals surface area (Å²) in [5.74, 6) is -11.8. The molecule has 4 aromatic rings. The van der Waals surface area contributed by atoms with Gasteiger partial charge in [0, 0.05) is 0 Å². The Morgan fingerprint density at radius 3 is 1.46 bits per heavy atom. The summed E-state index contributed by atoms with van der Waals surface area (Å²) in [4.78, 5) is 17.7. The Bertz CT molecular complexity index is 2160. The second-order valence-corrected chi connectivity index (χ2v) is 24.9. The molecule has 0 aliphatic carbocycles. The predicted molar refractivity (Wildman–Crippen MR) is 222 cm³/mol. The van der Waals surface area contributed by atoms with E-state index in [1.165, 1.54) is 18.2 Å². The molecule has 0 unspecified atom stereocenters. The molecule has 13 heteroatoms. The molecule has 0 radical (unpaired) electrons. The van der Waals surface area contributed by atoms with E-state index in [0.717, 1.165) is 38.0 Å². The summed E-state index contributed by atoms with van der Waals surface area (Å²) >= 11 is -4.31. The van der Waals surface area contributed by atoms with Gasteiger partial charge in [0.05, 0.1) is 0 Å². The normalized spacial score (nSPS) is 13.9. The van der Waals surface area contributed by atoms with Crippen molar-refractivity contribution in [1.82, 2.24) is 0 Å². The maximum atomic E-state index is 14.7. The van der Waals surface area contributed by atoms with E-state index in [-0.39, 0.29) is 35.5 Å². The number of anilines is 3. The molecule has 0 aromatic heterocycles. The zero-order valence-corrected chi connectivity index (χ0v) is 37.0. The van der Waals surface area contributed by atoms with Crippen molar-refractivity contribution in [2.45, 2.75) is 99.0 Å². The number of carbonyl (C=O) groups excluding carboxylic acids is 1. The van der Waals surface area contributed by atoms with Gasteiger partial charge in [0.25, 0.3) is 0 Å². The quantitative estimate of drug-likeness (QED) is 0.0705. The summed E-state index contributed by atoms with van der Waals surface area (Å²) in [6, 6.07) is 17.1. The Morgan fingerprint density at radius 1 is 0.667 bits per heavy atom. The van der Waals surface area contributed by atoms with Gasteiger partial charge in [-0.05, 0) is 0 Å². The van der Waals surface area contributed by atoms with Gasteiger partial charge in [-0.1, -0.05) is 0 Å². The van der Waals surface area contributed by atoms with E-state index in [9.17, 15) is 26.7 Å². The van der Waals surface area contributed by atoms with Gasteiger partial charge in [0.15, 0.2) is 0 Å². The minimum absolute atomic E-state index is 0.0144. The van der Waals surface area contributed by atoms with Crippen molar-refractivity contribution in [3.63, 3.8) is 0 Å². The van der Waals surface area contributed by atoms with Crippen molar-refractivity contribution in [3.05, 3.63) is 117 Å². The zero-order chi connectivity index (χ0) is 42.3. The molecule has 4 aromatic carbocycles. The topological polar surface area (TPSA) is 44.8 Å². The van der Waals surface area contributed by atoms with Gasteiger partial charge in [0.2, 0.25) is 0 Å². The van der Waals surface area contributed by atoms with Crippen LogP contribution in [0.3, 0.4) is 0 Å². The molecule has 310 valence electrons. The number of halogens is 7. The Hall–Kier alpha value is -3.66. The van der Waals surface area contributed by atoms with Gasteiger partial charge in [-0.15, -0.1) is 0 Å². The first-order valence-corrected chi connectivity index (χ1v) is 25.3. The van der Waals surface area contributed by atoms with Gasteiger partial charge in [0.1, 0.15) is 0 Å². The Kier molecular flexibility index (Phi) is 13.8. The minimum atomic E-state index is -4.31. The third-order valence-corrected chi connectivity index (χ3v) is 15.2. The Balaban J connectivity index is 1.84. The monoisotopic (exact) mass is 919 g/mol.